The van der Waals surface area contributed by atoms with E-state index in [1.54, 1.807) is 18.2 Å². The molecule has 0 radical (unpaired) electrons. The lowest BCUT2D eigenvalue weighted by molar-refractivity contribution is -0.276. The summed E-state index contributed by atoms with van der Waals surface area (Å²) < 4.78 is 82.1. The van der Waals surface area contributed by atoms with Gasteiger partial charge in [0.2, 0.25) is 5.82 Å². The first kappa shape index (κ1) is 34.7. The lowest BCUT2D eigenvalue weighted by Gasteiger charge is -2.42. The zero-order valence-corrected chi connectivity index (χ0v) is 26.5. The summed E-state index contributed by atoms with van der Waals surface area (Å²) in [6, 6.07) is 22.0. The van der Waals surface area contributed by atoms with Crippen molar-refractivity contribution in [2.24, 2.45) is 5.92 Å². The zero-order valence-electron chi connectivity index (χ0n) is 26.5. The molecule has 2 fully saturated rings. The van der Waals surface area contributed by atoms with E-state index in [0.29, 0.717) is 25.1 Å². The molecule has 4 aromatic carbocycles. The monoisotopic (exact) mass is 682 g/mol. The van der Waals surface area contributed by atoms with E-state index in [0.717, 1.165) is 34.4 Å². The molecule has 2 aliphatic rings. The Morgan fingerprint density at radius 3 is 2.14 bits per heavy atom. The number of carbonyl (C=O) groups excluding carboxylic acids is 1. The fraction of sp³-hybridized carbons (Fsp3) is 0.324. The van der Waals surface area contributed by atoms with Crippen molar-refractivity contribution in [1.82, 2.24) is 10.2 Å². The van der Waals surface area contributed by atoms with Crippen molar-refractivity contribution in [3.63, 3.8) is 0 Å². The molecule has 3 N–H and O–H groups in total. The molecule has 6 rings (SSSR count). The summed E-state index contributed by atoms with van der Waals surface area (Å²) in [7, 11) is 0. The Balaban J connectivity index is 1.22. The highest BCUT2D eigenvalue weighted by Gasteiger charge is 2.40. The molecule has 4 aromatic rings. The summed E-state index contributed by atoms with van der Waals surface area (Å²) >= 11 is 0. The minimum absolute atomic E-state index is 0.0334. The number of benzene rings is 4. The van der Waals surface area contributed by atoms with E-state index in [-0.39, 0.29) is 37.4 Å². The van der Waals surface area contributed by atoms with Crippen molar-refractivity contribution in [3.8, 4) is 11.1 Å². The number of nitrogens with one attached hydrogen (secondary N) is 1. The van der Waals surface area contributed by atoms with Gasteiger partial charge in [-0.1, -0.05) is 67.6 Å². The molecule has 5 atom stereocenters. The molecule has 49 heavy (non-hydrogen) atoms. The maximum absolute atomic E-state index is 14.1. The fourth-order valence-corrected chi connectivity index (χ4v) is 6.36. The number of aliphatic hydroxyl groups is 2. The second-order valence-corrected chi connectivity index (χ2v) is 12.5. The highest BCUT2D eigenvalue weighted by atomic mass is 19.2. The summed E-state index contributed by atoms with van der Waals surface area (Å²) in [6.45, 7) is 3.71. The van der Waals surface area contributed by atoms with Crippen LogP contribution in [-0.2, 0) is 22.6 Å². The van der Waals surface area contributed by atoms with Crippen LogP contribution in [0.4, 0.5) is 22.0 Å². The van der Waals surface area contributed by atoms with Crippen molar-refractivity contribution >= 4 is 5.91 Å². The Morgan fingerprint density at radius 1 is 0.837 bits per heavy atom. The number of halogens is 5. The van der Waals surface area contributed by atoms with E-state index in [9.17, 15) is 37.0 Å². The van der Waals surface area contributed by atoms with Crippen molar-refractivity contribution < 1.29 is 46.4 Å². The van der Waals surface area contributed by atoms with Gasteiger partial charge < -0.3 is 25.0 Å². The summed E-state index contributed by atoms with van der Waals surface area (Å²) in [6.07, 6.45) is -0.948. The van der Waals surface area contributed by atoms with Gasteiger partial charge in [0, 0.05) is 37.7 Å². The van der Waals surface area contributed by atoms with E-state index in [2.05, 4.69) is 17.1 Å². The van der Waals surface area contributed by atoms with Crippen molar-refractivity contribution in [2.75, 3.05) is 19.6 Å². The molecule has 12 heteroatoms. The molecule has 1 amide bonds. The Hall–Kier alpha value is -4.20. The average Bonchev–Trinajstić information content (AvgIpc) is 3.54. The molecular weight excluding hydrogens is 647 g/mol. The number of hydrogen-bond donors (Lipinski definition) is 3. The van der Waals surface area contributed by atoms with Crippen LogP contribution >= 0.6 is 0 Å². The Labute approximate surface area is 279 Å². The lowest BCUT2D eigenvalue weighted by atomic mass is 9.90. The first-order valence-corrected chi connectivity index (χ1v) is 15.9. The van der Waals surface area contributed by atoms with E-state index in [4.69, 9.17) is 9.47 Å². The summed E-state index contributed by atoms with van der Waals surface area (Å²) in [5, 5.41) is 21.9. The fourth-order valence-electron chi connectivity index (χ4n) is 6.36. The largest absolute Gasteiger partial charge is 0.392 e. The minimum atomic E-state index is -2.34. The van der Waals surface area contributed by atoms with E-state index >= 15 is 0 Å². The van der Waals surface area contributed by atoms with Crippen molar-refractivity contribution in [2.45, 2.75) is 51.1 Å². The number of nitrogens with zero attached hydrogens (tertiary/aromatic N) is 1. The maximum atomic E-state index is 14.1. The van der Waals surface area contributed by atoms with Crippen LogP contribution in [0.2, 0.25) is 0 Å². The van der Waals surface area contributed by atoms with Gasteiger partial charge >= 0.3 is 0 Å². The minimum Gasteiger partial charge on any atom is -0.392 e. The van der Waals surface area contributed by atoms with Crippen LogP contribution in [0.5, 0.6) is 0 Å². The van der Waals surface area contributed by atoms with Crippen LogP contribution in [0.25, 0.3) is 11.1 Å². The Kier molecular flexibility index (Phi) is 10.4. The third-order valence-electron chi connectivity index (χ3n) is 9.12. The number of rotatable bonds is 9. The zero-order chi connectivity index (χ0) is 34.8. The van der Waals surface area contributed by atoms with Gasteiger partial charge in [-0.15, -0.1) is 0 Å². The molecule has 0 bridgehead atoms. The number of carbonyl (C=O) groups is 1. The molecule has 0 aliphatic carbocycles. The quantitative estimate of drug-likeness (QED) is 0.109. The predicted molar refractivity (Wildman–Crippen MR) is 169 cm³/mol. The third-order valence-corrected chi connectivity index (χ3v) is 9.12. The van der Waals surface area contributed by atoms with Gasteiger partial charge in [0.15, 0.2) is 29.6 Å². The summed E-state index contributed by atoms with van der Waals surface area (Å²) in [5.74, 6) is -12.6. The molecular formula is C37H35F5N2O5. The number of likely N-dealkylation sites (tertiary alicyclic amines) is 1. The number of amides is 1. The standard InChI is InChI=1S/C37H35F5N2O5/c1-20-28(18-44-13-12-27(46)17-44)48-37(49-35(20)23-10-8-21(19-45)9-11-23)26-7-3-6-25(15-26)24-5-2-4-22(14-24)16-43-36(47)29-30(38)32(40)34(42)33(41)31(29)39/h2-11,14-15,20,27-28,35,37,45-46H,12-13,16-19H2,1H3,(H,43,47)/t20-,27+,28+,35+,37+/m1/s1. The smallest absolute Gasteiger partial charge is 0.257 e. The van der Waals surface area contributed by atoms with Gasteiger partial charge in [-0.3, -0.25) is 9.69 Å². The average molecular weight is 683 g/mol. The molecule has 0 aromatic heterocycles. The third kappa shape index (κ3) is 7.38. The maximum Gasteiger partial charge on any atom is 0.257 e. The van der Waals surface area contributed by atoms with Crippen LogP contribution in [0.15, 0.2) is 72.8 Å². The first-order valence-electron chi connectivity index (χ1n) is 15.9. The number of aliphatic hydroxyl groups excluding tert-OH is 2. The van der Waals surface area contributed by atoms with E-state index < -0.39 is 46.8 Å². The molecule has 0 spiro atoms. The van der Waals surface area contributed by atoms with Crippen LogP contribution in [0.1, 0.15) is 58.4 Å². The van der Waals surface area contributed by atoms with Crippen LogP contribution in [0, 0.1) is 35.0 Å². The van der Waals surface area contributed by atoms with Crippen LogP contribution in [-0.4, -0.2) is 52.9 Å². The van der Waals surface area contributed by atoms with Gasteiger partial charge in [-0.05, 0) is 46.4 Å². The van der Waals surface area contributed by atoms with Crippen LogP contribution in [0.3, 0.4) is 0 Å². The number of ether oxygens (including phenoxy) is 2. The van der Waals surface area contributed by atoms with Crippen molar-refractivity contribution in [1.29, 1.82) is 0 Å². The first-order chi connectivity index (χ1) is 23.5. The topological polar surface area (TPSA) is 91.3 Å². The molecule has 0 saturated carbocycles. The lowest BCUT2D eigenvalue weighted by Crippen LogP contribution is -2.44. The van der Waals surface area contributed by atoms with E-state index in [1.165, 1.54) is 0 Å². The van der Waals surface area contributed by atoms with Gasteiger partial charge in [-0.25, -0.2) is 22.0 Å². The molecule has 2 aliphatic heterocycles. The summed E-state index contributed by atoms with van der Waals surface area (Å²) in [4.78, 5) is 14.7. The number of β-amino-alcohol motifs (C(OH)–C–C–N with tert-alkyl or cyclic N) is 1. The van der Waals surface area contributed by atoms with Gasteiger partial charge in [0.05, 0.1) is 24.9 Å². The van der Waals surface area contributed by atoms with E-state index in [1.807, 2.05) is 54.6 Å². The van der Waals surface area contributed by atoms with Crippen molar-refractivity contribution in [3.05, 3.63) is 130 Å². The molecule has 2 heterocycles. The van der Waals surface area contributed by atoms with Gasteiger partial charge in [0.1, 0.15) is 5.56 Å². The highest BCUT2D eigenvalue weighted by Crippen LogP contribution is 2.42. The highest BCUT2D eigenvalue weighted by molar-refractivity contribution is 5.94. The summed E-state index contributed by atoms with van der Waals surface area (Å²) in [5.41, 5.74) is 2.95. The Morgan fingerprint density at radius 2 is 1.49 bits per heavy atom. The molecule has 2 saturated heterocycles. The Bertz CT molecular complexity index is 1790. The van der Waals surface area contributed by atoms with Gasteiger partial charge in [0.25, 0.3) is 5.91 Å². The van der Waals surface area contributed by atoms with Gasteiger partial charge in [-0.2, -0.15) is 0 Å². The second-order valence-electron chi connectivity index (χ2n) is 12.5. The molecule has 0 unspecified atom stereocenters. The second kappa shape index (κ2) is 14.7. The molecule has 258 valence electrons. The molecule has 7 nitrogen and oxygen atoms in total. The number of hydrogen-bond acceptors (Lipinski definition) is 6. The SMILES string of the molecule is C[C@@H]1[C@H](CN2CC[C@H](O)C2)O[C@H](c2cccc(-c3cccc(CNC(=O)c4c(F)c(F)c(F)c(F)c4F)c3)c2)O[C@@H]1c1ccc(CO)cc1. The van der Waals surface area contributed by atoms with Crippen LogP contribution < -0.4 is 5.32 Å². The normalized spacial score (nSPS) is 22.7. The predicted octanol–water partition coefficient (Wildman–Crippen LogP) is 6.33.